The maximum Gasteiger partial charge on any atom is 0.237 e. The summed E-state index contributed by atoms with van der Waals surface area (Å²) in [5.41, 5.74) is 8.65. The monoisotopic (exact) mass is 719 g/mol. The molecule has 0 bridgehead atoms. The Hall–Kier alpha value is -5.48. The molecule has 1 atom stereocenters. The lowest BCUT2D eigenvalue weighted by atomic mass is 9.81. The van der Waals surface area contributed by atoms with Gasteiger partial charge in [0.25, 0.3) is 0 Å². The fourth-order valence-electron chi connectivity index (χ4n) is 7.57. The number of amides is 2. The molecule has 0 spiro atoms. The van der Waals surface area contributed by atoms with Gasteiger partial charge in [0.1, 0.15) is 5.69 Å². The number of carbonyl (C=O) groups excluding carboxylic acids is 2. The van der Waals surface area contributed by atoms with Crippen molar-refractivity contribution in [2.24, 2.45) is 5.41 Å². The summed E-state index contributed by atoms with van der Waals surface area (Å²) in [6, 6.07) is 20.2. The Morgan fingerprint density at radius 2 is 1.70 bits per heavy atom. The van der Waals surface area contributed by atoms with Gasteiger partial charge in [-0.25, -0.2) is 9.97 Å². The van der Waals surface area contributed by atoms with E-state index in [1.165, 1.54) is 30.4 Å². The quantitative estimate of drug-likeness (QED) is 0.151. The minimum Gasteiger partial charge on any atom is -0.338 e. The number of anilines is 1. The summed E-state index contributed by atoms with van der Waals surface area (Å²) < 4.78 is 0. The number of rotatable bonds is 10. The fraction of sp³-hybridized carbons (Fsp3) is 0.341. The van der Waals surface area contributed by atoms with Crippen molar-refractivity contribution >= 4 is 34.0 Å². The van der Waals surface area contributed by atoms with E-state index in [0.717, 1.165) is 51.1 Å². The van der Waals surface area contributed by atoms with Gasteiger partial charge in [-0.05, 0) is 86.2 Å². The molecule has 2 aliphatic carbocycles. The van der Waals surface area contributed by atoms with E-state index >= 15 is 0 Å². The van der Waals surface area contributed by atoms with Crippen LogP contribution in [0.5, 0.6) is 0 Å². The summed E-state index contributed by atoms with van der Waals surface area (Å²) in [7, 11) is 0. The van der Waals surface area contributed by atoms with Gasteiger partial charge in [-0.2, -0.15) is 5.10 Å². The van der Waals surface area contributed by atoms with Gasteiger partial charge in [0.2, 0.25) is 11.8 Å². The lowest BCUT2D eigenvalue weighted by Crippen LogP contribution is -2.43. The van der Waals surface area contributed by atoms with E-state index < -0.39 is 5.41 Å². The van der Waals surface area contributed by atoms with E-state index in [9.17, 15) is 9.59 Å². The van der Waals surface area contributed by atoms with Crippen molar-refractivity contribution < 1.29 is 9.59 Å². The van der Waals surface area contributed by atoms with Crippen molar-refractivity contribution in [3.05, 3.63) is 115 Å². The number of benzene rings is 2. The lowest BCUT2D eigenvalue weighted by molar-refractivity contribution is -0.132. The van der Waals surface area contributed by atoms with Crippen LogP contribution in [0, 0.1) is 11.8 Å². The van der Waals surface area contributed by atoms with Crippen molar-refractivity contribution in [1.82, 2.24) is 34.9 Å². The van der Waals surface area contributed by atoms with Crippen molar-refractivity contribution in [3.8, 4) is 22.6 Å². The van der Waals surface area contributed by atoms with Gasteiger partial charge in [0, 0.05) is 78.5 Å². The van der Waals surface area contributed by atoms with Crippen molar-refractivity contribution in [2.75, 3.05) is 38.0 Å². The first-order chi connectivity index (χ1) is 26.4. The number of hydrogen-bond donors (Lipinski definition) is 2. The number of allylic oxidation sites excluding steroid dienone is 2. The second-order valence-corrected chi connectivity index (χ2v) is 15.0. The molecule has 4 aliphatic rings. The maximum atomic E-state index is 14.1. The Balaban J connectivity index is 0.00000134. The van der Waals surface area contributed by atoms with Crippen LogP contribution in [0.3, 0.4) is 0 Å². The Morgan fingerprint density at radius 3 is 2.43 bits per heavy atom. The SMILES string of the molecule is CCC.O=C(CN1CC[C@@](CC2=C[CH]2)(C(=O)Nc2ccc3[nH]nc(-c4ccnc(C5CC5)c4)c3c2)C1)N1CC=C(c2ccc(-c3ncccn3)cc2)CC1. The first kappa shape index (κ1) is 35.5. The lowest BCUT2D eigenvalue weighted by Gasteiger charge is -2.30. The number of likely N-dealkylation sites (tertiary alicyclic amines) is 1. The second-order valence-electron chi connectivity index (χ2n) is 15.0. The number of aromatic amines is 1. The van der Waals surface area contributed by atoms with E-state index in [-0.39, 0.29) is 11.8 Å². The van der Waals surface area contributed by atoms with Crippen LogP contribution in [-0.4, -0.2) is 79.5 Å². The third-order valence-corrected chi connectivity index (χ3v) is 10.7. The van der Waals surface area contributed by atoms with Crippen LogP contribution in [0.25, 0.3) is 39.1 Å². The van der Waals surface area contributed by atoms with Gasteiger partial charge in [0.15, 0.2) is 5.82 Å². The highest BCUT2D eigenvalue weighted by atomic mass is 16.2. The first-order valence-electron chi connectivity index (χ1n) is 19.3. The molecule has 1 saturated carbocycles. The second kappa shape index (κ2) is 15.5. The first-order valence-corrected chi connectivity index (χ1v) is 19.3. The number of pyridine rings is 1. The zero-order chi connectivity index (χ0) is 37.1. The highest BCUT2D eigenvalue weighted by Gasteiger charge is 2.46. The molecule has 5 aromatic rings. The molecule has 10 nitrogen and oxygen atoms in total. The number of carbonyl (C=O) groups is 2. The van der Waals surface area contributed by atoms with Crippen molar-refractivity contribution in [3.63, 3.8) is 0 Å². The normalized spacial score (nSPS) is 19.5. The predicted octanol–water partition coefficient (Wildman–Crippen LogP) is 7.86. The highest BCUT2D eigenvalue weighted by Crippen LogP contribution is 2.43. The van der Waals surface area contributed by atoms with Crippen LogP contribution >= 0.6 is 0 Å². The third-order valence-electron chi connectivity index (χ3n) is 10.7. The van der Waals surface area contributed by atoms with Crippen LogP contribution in [-0.2, 0) is 9.59 Å². The highest BCUT2D eigenvalue weighted by molar-refractivity contribution is 6.00. The molecular formula is C44H47N8O2. The van der Waals surface area contributed by atoms with Gasteiger partial charge in [0.05, 0.1) is 17.5 Å². The third kappa shape index (κ3) is 7.89. The number of fused-ring (bicyclic) bond motifs is 1. The summed E-state index contributed by atoms with van der Waals surface area (Å²) in [5.74, 6) is 1.37. The van der Waals surface area contributed by atoms with Gasteiger partial charge in [-0.1, -0.05) is 62.3 Å². The van der Waals surface area contributed by atoms with Crippen LogP contribution in [0.4, 0.5) is 5.69 Å². The zero-order valence-electron chi connectivity index (χ0n) is 31.1. The molecule has 1 radical (unpaired) electrons. The zero-order valence-corrected chi connectivity index (χ0v) is 31.1. The molecule has 2 aromatic carbocycles. The minimum atomic E-state index is -0.608. The minimum absolute atomic E-state index is 0.00151. The number of H-pyrrole nitrogens is 1. The Bertz CT molecular complexity index is 2200. The summed E-state index contributed by atoms with van der Waals surface area (Å²) in [5, 5.41) is 12.0. The Kier molecular flexibility index (Phi) is 10.2. The summed E-state index contributed by atoms with van der Waals surface area (Å²) in [4.78, 5) is 45.0. The molecular weight excluding hydrogens is 673 g/mol. The molecule has 10 heteroatoms. The number of aromatic nitrogens is 5. The van der Waals surface area contributed by atoms with Crippen molar-refractivity contribution in [2.45, 2.75) is 58.3 Å². The van der Waals surface area contributed by atoms with Gasteiger partial charge in [-0.15, -0.1) is 0 Å². The van der Waals surface area contributed by atoms with Crippen LogP contribution in [0.2, 0.25) is 0 Å². The molecule has 54 heavy (non-hydrogen) atoms. The smallest absolute Gasteiger partial charge is 0.237 e. The van der Waals surface area contributed by atoms with E-state index in [1.54, 1.807) is 12.4 Å². The summed E-state index contributed by atoms with van der Waals surface area (Å²) >= 11 is 0. The van der Waals surface area contributed by atoms with E-state index in [1.807, 2.05) is 53.6 Å². The molecule has 9 rings (SSSR count). The predicted molar refractivity (Wildman–Crippen MR) is 213 cm³/mol. The number of nitrogens with one attached hydrogen (secondary N) is 2. The van der Waals surface area contributed by atoms with Gasteiger partial charge < -0.3 is 10.2 Å². The molecule has 2 aliphatic heterocycles. The molecule has 275 valence electrons. The molecule has 5 heterocycles. The molecule has 2 N–H and O–H groups in total. The largest absolute Gasteiger partial charge is 0.338 e. The number of hydrogen-bond acceptors (Lipinski definition) is 7. The van der Waals surface area contributed by atoms with Crippen molar-refractivity contribution in [1.29, 1.82) is 0 Å². The molecule has 3 aromatic heterocycles. The van der Waals surface area contributed by atoms with Crippen LogP contribution < -0.4 is 5.32 Å². The Morgan fingerprint density at radius 1 is 0.926 bits per heavy atom. The summed E-state index contributed by atoms with van der Waals surface area (Å²) in [6.07, 6.45) is 17.5. The van der Waals surface area contributed by atoms with Crippen LogP contribution in [0.1, 0.15) is 69.5 Å². The average Bonchev–Trinajstić information content (AvgIpc) is 4.14. The van der Waals surface area contributed by atoms with E-state index in [2.05, 4.69) is 86.0 Å². The van der Waals surface area contributed by atoms with Crippen LogP contribution in [0.15, 0.2) is 97.0 Å². The topological polar surface area (TPSA) is 120 Å². The number of nitrogens with zero attached hydrogens (tertiary/aromatic N) is 6. The van der Waals surface area contributed by atoms with Gasteiger partial charge in [-0.3, -0.25) is 24.6 Å². The molecule has 0 unspecified atom stereocenters. The fourth-order valence-corrected chi connectivity index (χ4v) is 7.57. The molecule has 1 saturated heterocycles. The van der Waals surface area contributed by atoms with E-state index in [4.69, 9.17) is 0 Å². The molecule has 2 amide bonds. The maximum absolute atomic E-state index is 14.1. The van der Waals surface area contributed by atoms with E-state index in [0.29, 0.717) is 57.3 Å². The summed E-state index contributed by atoms with van der Waals surface area (Å²) in [6.45, 7) is 7.07. The van der Waals surface area contributed by atoms with Gasteiger partial charge >= 0.3 is 0 Å². The standard InChI is InChI=1S/C41H39N8O2.C3H8/c50-37(49-19-13-29(14-20-49)28-4-8-31(9-5-28)39-43-16-1-17-44-39)25-48-21-15-41(26-48,24-27-2-3-27)40(51)45-33-10-11-35-34(23-33)38(47-46-35)32-12-18-42-36(22-32)30-6-7-30;1-3-2/h1-5,8-13,16-18,22-23,30H,6-7,14-15,19-21,24-26H2,(H,45,51)(H,46,47);3H2,1-2H3/t41-;/m0./s1. The molecule has 2 fully saturated rings. The average molecular weight is 720 g/mol. The Labute approximate surface area is 316 Å².